The van der Waals surface area contributed by atoms with Crippen molar-refractivity contribution in [3.63, 3.8) is 0 Å². The molecule has 0 radical (unpaired) electrons. The van der Waals surface area contributed by atoms with Gasteiger partial charge in [-0.15, -0.1) is 11.8 Å². The predicted molar refractivity (Wildman–Crippen MR) is 75.8 cm³/mol. The van der Waals surface area contributed by atoms with Crippen LogP contribution < -0.4 is 5.32 Å². The summed E-state index contributed by atoms with van der Waals surface area (Å²) in [5.41, 5.74) is 2.72. The Balaban J connectivity index is 1.85. The number of thioether (sulfide) groups is 1. The lowest BCUT2D eigenvalue weighted by Gasteiger charge is -2.11. The molecule has 0 fully saturated rings. The van der Waals surface area contributed by atoms with E-state index in [0.29, 0.717) is 0 Å². The highest BCUT2D eigenvalue weighted by molar-refractivity contribution is 8.00. The van der Waals surface area contributed by atoms with Crippen molar-refractivity contribution >= 4 is 23.6 Å². The molecule has 0 unspecified atom stereocenters. The highest BCUT2D eigenvalue weighted by Crippen LogP contribution is 2.27. The topological polar surface area (TPSA) is 86.6 Å². The van der Waals surface area contributed by atoms with Crippen LogP contribution in [0.4, 0.5) is 0 Å². The Morgan fingerprint density at radius 3 is 2.75 bits per heavy atom. The van der Waals surface area contributed by atoms with Gasteiger partial charge >= 0.3 is 5.97 Å². The van der Waals surface area contributed by atoms with Crippen LogP contribution in [0.1, 0.15) is 17.5 Å². The molecule has 20 heavy (non-hydrogen) atoms. The molecule has 108 valence electrons. The minimum Gasteiger partial charge on any atom is -0.480 e. The Labute approximate surface area is 121 Å². The van der Waals surface area contributed by atoms with Gasteiger partial charge in [0.05, 0.1) is 12.4 Å². The van der Waals surface area contributed by atoms with Gasteiger partial charge in [-0.05, 0) is 42.5 Å². The highest BCUT2D eigenvalue weighted by atomic mass is 32.2. The third-order valence-electron chi connectivity index (χ3n) is 3.26. The zero-order chi connectivity index (χ0) is 14.5. The van der Waals surface area contributed by atoms with E-state index in [-0.39, 0.29) is 5.75 Å². The van der Waals surface area contributed by atoms with Crippen molar-refractivity contribution in [2.24, 2.45) is 0 Å². The zero-order valence-corrected chi connectivity index (χ0v) is 11.8. The summed E-state index contributed by atoms with van der Waals surface area (Å²) in [5.74, 6) is -1.48. The highest BCUT2D eigenvalue weighted by Gasteiger charge is 2.18. The van der Waals surface area contributed by atoms with Crippen LogP contribution in [0.15, 0.2) is 23.1 Å². The summed E-state index contributed by atoms with van der Waals surface area (Å²) >= 11 is 1.37. The molecule has 1 atom stereocenters. The number of carboxylic acids is 1. The van der Waals surface area contributed by atoms with Crippen molar-refractivity contribution in [2.75, 3.05) is 12.4 Å². The first-order chi connectivity index (χ1) is 9.60. The number of rotatable bonds is 6. The molecular formula is C14H17NO4S. The molecule has 0 saturated heterocycles. The molecule has 0 spiro atoms. The maximum Gasteiger partial charge on any atom is 0.328 e. The van der Waals surface area contributed by atoms with Crippen LogP contribution in [0, 0.1) is 0 Å². The summed E-state index contributed by atoms with van der Waals surface area (Å²) in [6, 6.07) is 4.95. The summed E-state index contributed by atoms with van der Waals surface area (Å²) in [6.07, 6.45) is 3.39. The van der Waals surface area contributed by atoms with E-state index in [2.05, 4.69) is 17.4 Å². The molecule has 0 heterocycles. The summed E-state index contributed by atoms with van der Waals surface area (Å²) in [6.45, 7) is -0.607. The van der Waals surface area contributed by atoms with Crippen LogP contribution in [0.3, 0.4) is 0 Å². The van der Waals surface area contributed by atoms with E-state index in [1.807, 2.05) is 6.07 Å². The van der Waals surface area contributed by atoms with Gasteiger partial charge in [-0.3, -0.25) is 4.79 Å². The van der Waals surface area contributed by atoms with Crippen molar-refractivity contribution < 1.29 is 19.8 Å². The van der Waals surface area contributed by atoms with E-state index in [9.17, 15) is 9.59 Å². The van der Waals surface area contributed by atoms with E-state index in [1.165, 1.54) is 29.3 Å². The second kappa shape index (κ2) is 6.76. The van der Waals surface area contributed by atoms with Crippen LogP contribution in [-0.4, -0.2) is 40.5 Å². The van der Waals surface area contributed by atoms with Gasteiger partial charge in [-0.25, -0.2) is 4.79 Å². The number of hydrogen-bond donors (Lipinski definition) is 3. The number of aliphatic hydroxyl groups excluding tert-OH is 1. The van der Waals surface area contributed by atoms with Gasteiger partial charge in [-0.2, -0.15) is 0 Å². The van der Waals surface area contributed by atoms with Gasteiger partial charge in [-0.1, -0.05) is 6.07 Å². The Kier molecular flexibility index (Phi) is 5.03. The van der Waals surface area contributed by atoms with E-state index in [1.54, 1.807) is 0 Å². The lowest BCUT2D eigenvalue weighted by Crippen LogP contribution is -2.44. The predicted octanol–water partition coefficient (Wildman–Crippen LogP) is 0.829. The standard InChI is InChI=1S/C14H17NO4S/c16-7-12(14(18)19)15-13(17)8-20-11-5-4-9-2-1-3-10(9)6-11/h4-6,12,16H,1-3,7-8H2,(H,15,17)(H,18,19)/t12-/m1/s1. The van der Waals surface area contributed by atoms with Gasteiger partial charge in [0.25, 0.3) is 0 Å². The van der Waals surface area contributed by atoms with Gasteiger partial charge in [0.2, 0.25) is 5.91 Å². The van der Waals surface area contributed by atoms with Crippen molar-refractivity contribution in [3.8, 4) is 0 Å². The average Bonchev–Trinajstić information content (AvgIpc) is 2.89. The normalized spacial score (nSPS) is 14.7. The minimum atomic E-state index is -1.23. The first kappa shape index (κ1) is 14.9. The number of nitrogens with one attached hydrogen (secondary N) is 1. The number of carbonyl (C=O) groups is 2. The molecule has 1 amide bonds. The number of aliphatic carboxylic acids is 1. The van der Waals surface area contributed by atoms with Gasteiger partial charge in [0.1, 0.15) is 6.04 Å². The van der Waals surface area contributed by atoms with Crippen molar-refractivity contribution in [3.05, 3.63) is 29.3 Å². The first-order valence-corrected chi connectivity index (χ1v) is 7.46. The van der Waals surface area contributed by atoms with Crippen molar-refractivity contribution in [1.82, 2.24) is 5.32 Å². The van der Waals surface area contributed by atoms with Gasteiger partial charge in [0, 0.05) is 4.90 Å². The molecule has 3 N–H and O–H groups in total. The Bertz CT molecular complexity index is 518. The van der Waals surface area contributed by atoms with Crippen LogP contribution in [0.2, 0.25) is 0 Å². The number of aryl methyl sites for hydroxylation is 2. The molecule has 1 aliphatic rings. The van der Waals surface area contributed by atoms with Crippen molar-refractivity contribution in [2.45, 2.75) is 30.2 Å². The number of fused-ring (bicyclic) bond motifs is 1. The molecule has 0 saturated carbocycles. The fourth-order valence-electron chi connectivity index (χ4n) is 2.21. The van der Waals surface area contributed by atoms with Crippen molar-refractivity contribution in [1.29, 1.82) is 0 Å². The van der Waals surface area contributed by atoms with E-state index in [0.717, 1.165) is 17.7 Å². The summed E-state index contributed by atoms with van der Waals surface area (Å²) in [4.78, 5) is 23.3. The largest absolute Gasteiger partial charge is 0.480 e. The Morgan fingerprint density at radius 1 is 1.30 bits per heavy atom. The smallest absolute Gasteiger partial charge is 0.328 e. The molecular weight excluding hydrogens is 278 g/mol. The maximum absolute atomic E-state index is 11.6. The van der Waals surface area contributed by atoms with Crippen LogP contribution in [-0.2, 0) is 22.4 Å². The average molecular weight is 295 g/mol. The third-order valence-corrected chi connectivity index (χ3v) is 4.25. The molecule has 6 heteroatoms. The third kappa shape index (κ3) is 3.74. The SMILES string of the molecule is O=C(CSc1ccc2c(c1)CCC2)N[C@H](CO)C(=O)O. The van der Waals surface area contributed by atoms with Crippen LogP contribution in [0.25, 0.3) is 0 Å². The Morgan fingerprint density at radius 2 is 2.05 bits per heavy atom. The number of aliphatic hydroxyl groups is 1. The lowest BCUT2D eigenvalue weighted by molar-refractivity contribution is -0.142. The number of carboxylic acid groups (broad SMARTS) is 1. The summed E-state index contributed by atoms with van der Waals surface area (Å²) in [5, 5.41) is 19.8. The quantitative estimate of drug-likeness (QED) is 0.677. The van der Waals surface area contributed by atoms with E-state index >= 15 is 0 Å². The second-order valence-electron chi connectivity index (χ2n) is 4.71. The van der Waals surface area contributed by atoms with Gasteiger partial charge in [0.15, 0.2) is 0 Å². The number of hydrogen-bond acceptors (Lipinski definition) is 4. The number of carbonyl (C=O) groups excluding carboxylic acids is 1. The number of amides is 1. The molecule has 1 aromatic rings. The second-order valence-corrected chi connectivity index (χ2v) is 5.76. The fraction of sp³-hybridized carbons (Fsp3) is 0.429. The maximum atomic E-state index is 11.6. The zero-order valence-electron chi connectivity index (χ0n) is 11.0. The molecule has 2 rings (SSSR count). The summed E-state index contributed by atoms with van der Waals surface area (Å²) < 4.78 is 0. The lowest BCUT2D eigenvalue weighted by atomic mass is 10.1. The molecule has 0 aromatic heterocycles. The molecule has 0 aliphatic heterocycles. The molecule has 5 nitrogen and oxygen atoms in total. The summed E-state index contributed by atoms with van der Waals surface area (Å²) in [7, 11) is 0. The van der Waals surface area contributed by atoms with Crippen LogP contribution in [0.5, 0.6) is 0 Å². The monoisotopic (exact) mass is 295 g/mol. The Hall–Kier alpha value is -1.53. The van der Waals surface area contributed by atoms with Crippen LogP contribution >= 0.6 is 11.8 Å². The van der Waals surface area contributed by atoms with Gasteiger partial charge < -0.3 is 15.5 Å². The molecule has 0 bridgehead atoms. The number of benzene rings is 1. The first-order valence-electron chi connectivity index (χ1n) is 6.48. The fourth-order valence-corrected chi connectivity index (χ4v) is 2.98. The minimum absolute atomic E-state index is 0.141. The molecule has 1 aromatic carbocycles. The van der Waals surface area contributed by atoms with E-state index in [4.69, 9.17) is 10.2 Å². The van der Waals surface area contributed by atoms with E-state index < -0.39 is 24.5 Å². The molecule has 1 aliphatic carbocycles.